The minimum atomic E-state index is -0.145. The van der Waals surface area contributed by atoms with Crippen molar-refractivity contribution < 1.29 is 0 Å². The zero-order valence-corrected chi connectivity index (χ0v) is 12.2. The van der Waals surface area contributed by atoms with Crippen LogP contribution in [0.1, 0.15) is 18.5 Å². The smallest absolute Gasteiger partial charge is 0.297 e. The molecule has 2 N–H and O–H groups in total. The van der Waals surface area contributed by atoms with Crippen molar-refractivity contribution in [1.82, 2.24) is 19.7 Å². The molecule has 0 bridgehead atoms. The summed E-state index contributed by atoms with van der Waals surface area (Å²) in [6, 6.07) is 10.5. The van der Waals surface area contributed by atoms with Crippen molar-refractivity contribution in [3.63, 3.8) is 0 Å². The van der Waals surface area contributed by atoms with Gasteiger partial charge in [-0.25, -0.2) is 9.89 Å². The normalized spacial score (nSPS) is 23.2. The van der Waals surface area contributed by atoms with Crippen molar-refractivity contribution in [2.24, 2.45) is 5.92 Å². The van der Waals surface area contributed by atoms with Crippen molar-refractivity contribution in [1.29, 1.82) is 0 Å². The summed E-state index contributed by atoms with van der Waals surface area (Å²) in [5.41, 5.74) is 1.15. The van der Waals surface area contributed by atoms with Crippen LogP contribution in [0.5, 0.6) is 0 Å². The number of H-pyrrole nitrogens is 2. The first-order valence-electron chi connectivity index (χ1n) is 6.80. The Bertz CT molecular complexity index is 659. The van der Waals surface area contributed by atoms with Crippen LogP contribution in [0.4, 0.5) is 0 Å². The molecule has 1 aliphatic heterocycles. The summed E-state index contributed by atoms with van der Waals surface area (Å²) in [6.45, 7) is 4.92. The number of rotatable bonds is 3. The van der Waals surface area contributed by atoms with Gasteiger partial charge in [-0.3, -0.25) is 14.6 Å². The summed E-state index contributed by atoms with van der Waals surface area (Å²) < 4.78 is 2.15. The van der Waals surface area contributed by atoms with Gasteiger partial charge in [-0.2, -0.15) is 0 Å². The van der Waals surface area contributed by atoms with E-state index in [4.69, 9.17) is 12.2 Å². The Balaban J connectivity index is 1.78. The predicted molar refractivity (Wildman–Crippen MR) is 80.2 cm³/mol. The number of hydrogen-bond donors (Lipinski definition) is 2. The van der Waals surface area contributed by atoms with E-state index >= 15 is 0 Å². The van der Waals surface area contributed by atoms with E-state index in [1.54, 1.807) is 4.57 Å². The van der Waals surface area contributed by atoms with Crippen molar-refractivity contribution >= 4 is 12.2 Å². The molecule has 0 saturated carbocycles. The van der Waals surface area contributed by atoms with E-state index in [9.17, 15) is 4.79 Å². The average Bonchev–Trinajstić information content (AvgIpc) is 2.94. The van der Waals surface area contributed by atoms with Crippen LogP contribution < -0.4 is 5.69 Å². The maximum atomic E-state index is 11.8. The van der Waals surface area contributed by atoms with Gasteiger partial charge in [0, 0.05) is 19.6 Å². The van der Waals surface area contributed by atoms with E-state index < -0.39 is 0 Å². The standard InChI is InChI=1S/C14H18N4OS/c1-10-7-17(8-11-5-3-2-4-6-11)9-12(10)18-13(19)15-16-14(18)20/h2-6,10,12H,7-9H2,1H3,(H,15,19)(H,16,20). The molecule has 6 heteroatoms. The van der Waals surface area contributed by atoms with Crippen LogP contribution in [0.2, 0.25) is 0 Å². The zero-order valence-electron chi connectivity index (χ0n) is 11.4. The molecular weight excluding hydrogens is 272 g/mol. The van der Waals surface area contributed by atoms with Gasteiger partial charge in [0.15, 0.2) is 4.77 Å². The SMILES string of the molecule is CC1CN(Cc2ccccc2)CC1n1c(=O)[nH][nH]c1=S. The van der Waals surface area contributed by atoms with Crippen LogP contribution in [0.15, 0.2) is 35.1 Å². The highest BCUT2D eigenvalue weighted by Crippen LogP contribution is 2.27. The van der Waals surface area contributed by atoms with Gasteiger partial charge in [-0.05, 0) is 23.7 Å². The number of aromatic nitrogens is 3. The molecule has 1 fully saturated rings. The average molecular weight is 290 g/mol. The van der Waals surface area contributed by atoms with Crippen LogP contribution in [0, 0.1) is 10.7 Å². The monoisotopic (exact) mass is 290 g/mol. The first kappa shape index (κ1) is 13.3. The molecule has 1 aliphatic rings. The van der Waals surface area contributed by atoms with Gasteiger partial charge in [-0.1, -0.05) is 37.3 Å². The Kier molecular flexibility index (Phi) is 3.58. The van der Waals surface area contributed by atoms with Crippen molar-refractivity contribution in [3.05, 3.63) is 51.2 Å². The van der Waals surface area contributed by atoms with Gasteiger partial charge in [0.2, 0.25) is 0 Å². The van der Waals surface area contributed by atoms with Gasteiger partial charge < -0.3 is 0 Å². The van der Waals surface area contributed by atoms with E-state index in [2.05, 4.69) is 46.3 Å². The second-order valence-electron chi connectivity index (χ2n) is 5.45. The Morgan fingerprint density at radius 1 is 1.25 bits per heavy atom. The van der Waals surface area contributed by atoms with Crippen LogP contribution in [-0.4, -0.2) is 32.8 Å². The molecule has 106 valence electrons. The topological polar surface area (TPSA) is 56.8 Å². The van der Waals surface area contributed by atoms with Gasteiger partial charge in [0.25, 0.3) is 0 Å². The summed E-state index contributed by atoms with van der Waals surface area (Å²) in [5, 5.41) is 5.28. The van der Waals surface area contributed by atoms with Crippen molar-refractivity contribution in [3.8, 4) is 0 Å². The minimum absolute atomic E-state index is 0.140. The van der Waals surface area contributed by atoms with Gasteiger partial charge in [-0.15, -0.1) is 0 Å². The number of benzene rings is 1. The van der Waals surface area contributed by atoms with E-state index in [1.165, 1.54) is 5.56 Å². The summed E-state index contributed by atoms with van der Waals surface area (Å²) in [5.74, 6) is 0.405. The third kappa shape index (κ3) is 2.48. The number of likely N-dealkylation sites (tertiary alicyclic amines) is 1. The van der Waals surface area contributed by atoms with Crippen molar-refractivity contribution in [2.45, 2.75) is 19.5 Å². The van der Waals surface area contributed by atoms with Gasteiger partial charge in [0.1, 0.15) is 0 Å². The van der Waals surface area contributed by atoms with Gasteiger partial charge in [0.05, 0.1) is 6.04 Å². The molecule has 5 nitrogen and oxygen atoms in total. The lowest BCUT2D eigenvalue weighted by Gasteiger charge is -2.16. The minimum Gasteiger partial charge on any atom is -0.297 e. The number of hydrogen-bond acceptors (Lipinski definition) is 3. The van der Waals surface area contributed by atoms with Crippen LogP contribution >= 0.6 is 12.2 Å². The predicted octanol–water partition coefficient (Wildman–Crippen LogP) is 1.93. The van der Waals surface area contributed by atoms with E-state index in [1.807, 2.05) is 6.07 Å². The fourth-order valence-corrected chi connectivity index (χ4v) is 3.24. The maximum Gasteiger partial charge on any atom is 0.342 e. The quantitative estimate of drug-likeness (QED) is 0.849. The Hall–Kier alpha value is -1.66. The second-order valence-corrected chi connectivity index (χ2v) is 5.84. The molecule has 2 unspecified atom stereocenters. The lowest BCUT2D eigenvalue weighted by atomic mass is 10.1. The highest BCUT2D eigenvalue weighted by molar-refractivity contribution is 7.71. The van der Waals surface area contributed by atoms with Gasteiger partial charge >= 0.3 is 5.69 Å². The fraction of sp³-hybridized carbons (Fsp3) is 0.429. The summed E-state index contributed by atoms with van der Waals surface area (Å²) in [4.78, 5) is 14.2. The molecule has 0 aliphatic carbocycles. The lowest BCUT2D eigenvalue weighted by Crippen LogP contribution is -2.27. The molecule has 3 rings (SSSR count). The molecule has 1 saturated heterocycles. The number of aromatic amines is 2. The van der Waals surface area contributed by atoms with Crippen LogP contribution in [0.3, 0.4) is 0 Å². The molecule has 1 aromatic heterocycles. The third-order valence-electron chi connectivity index (χ3n) is 3.94. The Morgan fingerprint density at radius 2 is 2.00 bits per heavy atom. The summed E-state index contributed by atoms with van der Waals surface area (Å²) >= 11 is 5.19. The zero-order chi connectivity index (χ0) is 14.1. The molecule has 2 aromatic rings. The maximum absolute atomic E-state index is 11.8. The van der Waals surface area contributed by atoms with Crippen LogP contribution in [-0.2, 0) is 6.54 Å². The molecule has 1 aromatic carbocycles. The molecule has 2 atom stereocenters. The van der Waals surface area contributed by atoms with E-state index in [0.717, 1.165) is 19.6 Å². The summed E-state index contributed by atoms with van der Waals surface area (Å²) in [6.07, 6.45) is 0. The molecule has 0 amide bonds. The molecular formula is C14H18N4OS. The Labute approximate surface area is 122 Å². The largest absolute Gasteiger partial charge is 0.342 e. The molecule has 2 heterocycles. The molecule has 0 radical (unpaired) electrons. The first-order chi connectivity index (χ1) is 9.65. The highest BCUT2D eigenvalue weighted by atomic mass is 32.1. The Morgan fingerprint density at radius 3 is 2.65 bits per heavy atom. The second kappa shape index (κ2) is 5.38. The fourth-order valence-electron chi connectivity index (χ4n) is 2.98. The highest BCUT2D eigenvalue weighted by Gasteiger charge is 2.32. The number of nitrogens with zero attached hydrogens (tertiary/aromatic N) is 2. The van der Waals surface area contributed by atoms with Crippen molar-refractivity contribution in [2.75, 3.05) is 13.1 Å². The molecule has 20 heavy (non-hydrogen) atoms. The lowest BCUT2D eigenvalue weighted by molar-refractivity contribution is 0.313. The van der Waals surface area contributed by atoms with Crippen LogP contribution in [0.25, 0.3) is 0 Å². The summed E-state index contributed by atoms with van der Waals surface area (Å²) in [7, 11) is 0. The third-order valence-corrected chi connectivity index (χ3v) is 4.24. The van der Waals surface area contributed by atoms with E-state index in [0.29, 0.717) is 10.7 Å². The first-order valence-corrected chi connectivity index (χ1v) is 7.21. The molecule has 0 spiro atoms. The van der Waals surface area contributed by atoms with E-state index in [-0.39, 0.29) is 11.7 Å². The number of nitrogens with one attached hydrogen (secondary N) is 2.